The molecule has 10 heteroatoms. The molecule has 110 valence electrons. The van der Waals surface area contributed by atoms with Gasteiger partial charge in [0.05, 0.1) is 0 Å². The van der Waals surface area contributed by atoms with Gasteiger partial charge < -0.3 is 0 Å². The lowest BCUT2D eigenvalue weighted by atomic mass is 10.2. The molecule has 2 aromatic rings. The van der Waals surface area contributed by atoms with Crippen LogP contribution in [0, 0.1) is 0 Å². The van der Waals surface area contributed by atoms with E-state index in [1.807, 2.05) is 14.1 Å². The highest BCUT2D eigenvalue weighted by Gasteiger charge is 2.03. The molecule has 0 saturated heterocycles. The second-order valence-corrected chi connectivity index (χ2v) is 6.41. The van der Waals surface area contributed by atoms with E-state index in [9.17, 15) is 0 Å². The van der Waals surface area contributed by atoms with Crippen molar-refractivity contribution in [3.8, 4) is 0 Å². The molecule has 0 aromatic carbocycles. The molecule has 0 radical (unpaired) electrons. The third-order valence-corrected chi connectivity index (χ3v) is 4.86. The fraction of sp³-hybridized carbons (Fsp3) is 0.800. The topological polar surface area (TPSA) is 87.2 Å². The number of hydrogen-bond donors (Lipinski definition) is 0. The first kappa shape index (κ1) is 15.2. The molecule has 2 aromatic heterocycles. The van der Waals surface area contributed by atoms with Crippen LogP contribution in [0.5, 0.6) is 0 Å². The van der Waals surface area contributed by atoms with Crippen LogP contribution in [0.3, 0.4) is 0 Å². The molecular weight excluding hydrogens is 296 g/mol. The fourth-order valence-corrected chi connectivity index (χ4v) is 3.27. The first-order chi connectivity index (χ1) is 9.77. The third kappa shape index (κ3) is 4.75. The van der Waals surface area contributed by atoms with Crippen LogP contribution < -0.4 is 0 Å². The predicted octanol–water partition coefficient (Wildman–Crippen LogP) is 1.18. The largest absolute Gasteiger partial charge is 0.224 e. The van der Waals surface area contributed by atoms with Crippen LogP contribution in [-0.4, -0.2) is 51.9 Å². The maximum atomic E-state index is 3.94. The molecule has 0 aliphatic heterocycles. The Labute approximate surface area is 126 Å². The minimum absolute atomic E-state index is 0.885. The van der Waals surface area contributed by atoms with Gasteiger partial charge in [-0.15, -0.1) is 10.2 Å². The molecule has 0 aliphatic carbocycles. The van der Waals surface area contributed by atoms with Crippen molar-refractivity contribution in [2.45, 2.75) is 36.0 Å². The van der Waals surface area contributed by atoms with Crippen molar-refractivity contribution in [3.05, 3.63) is 0 Å². The summed E-state index contributed by atoms with van der Waals surface area (Å²) in [4.78, 5) is 0. The minimum Gasteiger partial charge on any atom is -0.224 e. The maximum absolute atomic E-state index is 3.94. The van der Waals surface area contributed by atoms with Gasteiger partial charge in [-0.3, -0.25) is 0 Å². The Morgan fingerprint density at radius 2 is 1.20 bits per heavy atom. The summed E-state index contributed by atoms with van der Waals surface area (Å²) >= 11 is 3.42. The molecule has 20 heavy (non-hydrogen) atoms. The van der Waals surface area contributed by atoms with Crippen molar-refractivity contribution in [2.24, 2.45) is 14.1 Å². The molecule has 0 fully saturated rings. The Morgan fingerprint density at radius 3 is 1.55 bits per heavy atom. The van der Waals surface area contributed by atoms with Crippen LogP contribution in [0.1, 0.15) is 25.7 Å². The van der Waals surface area contributed by atoms with Crippen molar-refractivity contribution in [1.82, 2.24) is 40.4 Å². The Bertz CT molecular complexity index is 465. The smallest absolute Gasteiger partial charge is 0.209 e. The van der Waals surface area contributed by atoms with E-state index in [1.54, 1.807) is 32.9 Å². The summed E-state index contributed by atoms with van der Waals surface area (Å²) in [5.74, 6) is 2.13. The average molecular weight is 314 g/mol. The van der Waals surface area contributed by atoms with Gasteiger partial charge in [-0.25, -0.2) is 9.36 Å². The van der Waals surface area contributed by atoms with Gasteiger partial charge in [0.2, 0.25) is 10.3 Å². The second kappa shape index (κ2) is 8.20. The van der Waals surface area contributed by atoms with Gasteiger partial charge >= 0.3 is 0 Å². The molecule has 0 aliphatic rings. The summed E-state index contributed by atoms with van der Waals surface area (Å²) in [7, 11) is 3.72. The van der Waals surface area contributed by atoms with Gasteiger partial charge in [0.15, 0.2) is 0 Å². The number of hydrogen-bond acceptors (Lipinski definition) is 8. The standard InChI is InChI=1S/C10H18N8S2/c1-17-9(11-13-15-17)19-7-5-3-4-6-8-20-10-12-14-16-18(10)2/h3-8H2,1-2H3. The molecule has 0 saturated carbocycles. The van der Waals surface area contributed by atoms with E-state index in [1.165, 1.54) is 25.7 Å². The van der Waals surface area contributed by atoms with E-state index in [0.29, 0.717) is 0 Å². The van der Waals surface area contributed by atoms with E-state index >= 15 is 0 Å². The quantitative estimate of drug-likeness (QED) is 0.503. The van der Waals surface area contributed by atoms with Crippen LogP contribution in [0.25, 0.3) is 0 Å². The highest BCUT2D eigenvalue weighted by Crippen LogP contribution is 2.17. The summed E-state index contributed by atoms with van der Waals surface area (Å²) < 4.78 is 3.41. The number of thioether (sulfide) groups is 2. The van der Waals surface area contributed by atoms with Crippen molar-refractivity contribution < 1.29 is 0 Å². The van der Waals surface area contributed by atoms with Crippen LogP contribution in [0.2, 0.25) is 0 Å². The van der Waals surface area contributed by atoms with Crippen molar-refractivity contribution >= 4 is 23.5 Å². The number of aromatic nitrogens is 8. The summed E-state index contributed by atoms with van der Waals surface area (Å²) in [6, 6.07) is 0. The van der Waals surface area contributed by atoms with Crippen LogP contribution in [0.15, 0.2) is 10.3 Å². The lowest BCUT2D eigenvalue weighted by Crippen LogP contribution is -1.94. The van der Waals surface area contributed by atoms with E-state index in [0.717, 1.165) is 21.8 Å². The van der Waals surface area contributed by atoms with Crippen LogP contribution in [-0.2, 0) is 14.1 Å². The van der Waals surface area contributed by atoms with E-state index in [2.05, 4.69) is 31.1 Å². The van der Waals surface area contributed by atoms with Gasteiger partial charge in [-0.1, -0.05) is 36.4 Å². The Balaban J connectivity index is 1.46. The zero-order valence-electron chi connectivity index (χ0n) is 11.6. The molecule has 2 rings (SSSR count). The lowest BCUT2D eigenvalue weighted by molar-refractivity contribution is 0.661. The van der Waals surface area contributed by atoms with E-state index in [4.69, 9.17) is 0 Å². The van der Waals surface area contributed by atoms with Gasteiger partial charge in [0.1, 0.15) is 0 Å². The van der Waals surface area contributed by atoms with Gasteiger partial charge in [-0.05, 0) is 33.7 Å². The number of unbranched alkanes of at least 4 members (excludes halogenated alkanes) is 3. The number of aryl methyl sites for hydroxylation is 2. The summed E-state index contributed by atoms with van der Waals surface area (Å²) in [5, 5.41) is 24.5. The van der Waals surface area contributed by atoms with Crippen molar-refractivity contribution in [3.63, 3.8) is 0 Å². The van der Waals surface area contributed by atoms with Crippen molar-refractivity contribution in [1.29, 1.82) is 0 Å². The van der Waals surface area contributed by atoms with Gasteiger partial charge in [0.25, 0.3) is 0 Å². The molecule has 0 atom stereocenters. The monoisotopic (exact) mass is 314 g/mol. The number of tetrazole rings is 2. The van der Waals surface area contributed by atoms with Crippen molar-refractivity contribution in [2.75, 3.05) is 11.5 Å². The minimum atomic E-state index is 0.885. The van der Waals surface area contributed by atoms with E-state index < -0.39 is 0 Å². The molecule has 0 N–H and O–H groups in total. The molecule has 2 heterocycles. The predicted molar refractivity (Wildman–Crippen MR) is 77.5 cm³/mol. The Kier molecular flexibility index (Phi) is 6.25. The normalized spacial score (nSPS) is 11.1. The molecule has 0 unspecified atom stereocenters. The summed E-state index contributed by atoms with van der Waals surface area (Å²) in [6.45, 7) is 0. The molecule has 8 nitrogen and oxygen atoms in total. The Hall–Kier alpha value is -1.16. The zero-order valence-corrected chi connectivity index (χ0v) is 13.3. The number of nitrogens with zero attached hydrogens (tertiary/aromatic N) is 8. The first-order valence-corrected chi connectivity index (χ1v) is 8.45. The molecule has 0 bridgehead atoms. The molecular formula is C10H18N8S2. The van der Waals surface area contributed by atoms with Gasteiger partial charge in [0, 0.05) is 25.6 Å². The zero-order chi connectivity index (χ0) is 14.2. The molecule has 0 amide bonds. The maximum Gasteiger partial charge on any atom is 0.209 e. The fourth-order valence-electron chi connectivity index (χ4n) is 1.57. The summed E-state index contributed by atoms with van der Waals surface area (Å²) in [6.07, 6.45) is 4.84. The van der Waals surface area contributed by atoms with E-state index in [-0.39, 0.29) is 0 Å². The SMILES string of the molecule is Cn1nnnc1SCCCCCCSc1nnnn1C. The molecule has 0 spiro atoms. The third-order valence-electron chi connectivity index (χ3n) is 2.66. The highest BCUT2D eigenvalue weighted by molar-refractivity contribution is 7.99. The highest BCUT2D eigenvalue weighted by atomic mass is 32.2. The van der Waals surface area contributed by atoms with Crippen LogP contribution in [0.4, 0.5) is 0 Å². The number of rotatable bonds is 9. The Morgan fingerprint density at radius 1 is 0.750 bits per heavy atom. The van der Waals surface area contributed by atoms with Gasteiger partial charge in [-0.2, -0.15) is 0 Å². The first-order valence-electron chi connectivity index (χ1n) is 6.47. The average Bonchev–Trinajstić information content (AvgIpc) is 3.02. The second-order valence-electron chi connectivity index (χ2n) is 4.28. The lowest BCUT2D eigenvalue weighted by Gasteiger charge is -2.01. The summed E-state index contributed by atoms with van der Waals surface area (Å²) in [5.41, 5.74) is 0. The van der Waals surface area contributed by atoms with Crippen LogP contribution >= 0.6 is 23.5 Å².